The van der Waals surface area contributed by atoms with Crippen LogP contribution < -0.4 is 20.1 Å². The van der Waals surface area contributed by atoms with Gasteiger partial charge in [0.05, 0.1) is 20.4 Å². The molecule has 7 heteroatoms. The topological polar surface area (TPSA) is 72.7 Å². The molecule has 2 N–H and O–H groups in total. The molecule has 1 aromatic carbocycles. The number of aliphatic imine (C=N–C) groups is 1. The lowest BCUT2D eigenvalue weighted by Gasteiger charge is -2.13. The Morgan fingerprint density at radius 3 is 2.64 bits per heavy atom. The zero-order valence-corrected chi connectivity index (χ0v) is 15.4. The molecule has 1 aromatic heterocycles. The van der Waals surface area contributed by atoms with Crippen molar-refractivity contribution in [3.63, 3.8) is 0 Å². The van der Waals surface area contributed by atoms with Crippen LogP contribution in [0, 0.1) is 6.92 Å². The van der Waals surface area contributed by atoms with Gasteiger partial charge in [-0.2, -0.15) is 5.10 Å². The Morgan fingerprint density at radius 1 is 1.20 bits per heavy atom. The molecular weight excluding hydrogens is 318 g/mol. The van der Waals surface area contributed by atoms with Gasteiger partial charge in [-0.1, -0.05) is 6.07 Å². The molecule has 7 nitrogen and oxygen atoms in total. The predicted octanol–water partition coefficient (Wildman–Crippen LogP) is 1.96. The van der Waals surface area contributed by atoms with E-state index in [4.69, 9.17) is 9.47 Å². The number of rotatable bonds is 8. The fourth-order valence-corrected chi connectivity index (χ4v) is 2.43. The number of nitrogens with one attached hydrogen (secondary N) is 2. The fourth-order valence-electron chi connectivity index (χ4n) is 2.43. The molecule has 25 heavy (non-hydrogen) atoms. The van der Waals surface area contributed by atoms with E-state index < -0.39 is 0 Å². The number of benzene rings is 1. The third-order valence-electron chi connectivity index (χ3n) is 3.75. The quantitative estimate of drug-likeness (QED) is 0.435. The summed E-state index contributed by atoms with van der Waals surface area (Å²) in [4.78, 5) is 4.24. The summed E-state index contributed by atoms with van der Waals surface area (Å²) in [5, 5.41) is 10.9. The van der Waals surface area contributed by atoms with Crippen molar-refractivity contribution in [1.29, 1.82) is 0 Å². The fraction of sp³-hybridized carbons (Fsp3) is 0.444. The number of hydrogen-bond donors (Lipinski definition) is 2. The standard InChI is InChI=1S/C18H27N5O2/c1-14-11-22-23(13-14)9-5-8-20-18(19-2)21-12-15-6-7-16(24-3)17(10-15)25-4/h6-7,10-11,13H,5,8-9,12H2,1-4H3,(H2,19,20,21). The molecule has 0 aliphatic carbocycles. The molecule has 0 bridgehead atoms. The summed E-state index contributed by atoms with van der Waals surface area (Å²) in [7, 11) is 5.03. The Balaban J connectivity index is 1.76. The third kappa shape index (κ3) is 5.70. The lowest BCUT2D eigenvalue weighted by atomic mass is 10.2. The van der Waals surface area contributed by atoms with Crippen LogP contribution in [0.15, 0.2) is 35.6 Å². The van der Waals surface area contributed by atoms with Crippen molar-refractivity contribution in [3.05, 3.63) is 41.7 Å². The maximum absolute atomic E-state index is 5.33. The molecular formula is C18H27N5O2. The molecule has 0 saturated heterocycles. The zero-order chi connectivity index (χ0) is 18.1. The van der Waals surface area contributed by atoms with Crippen molar-refractivity contribution in [3.8, 4) is 11.5 Å². The summed E-state index contributed by atoms with van der Waals surface area (Å²) in [6.45, 7) is 4.40. The van der Waals surface area contributed by atoms with E-state index in [-0.39, 0.29) is 0 Å². The summed E-state index contributed by atoms with van der Waals surface area (Å²) in [6, 6.07) is 5.86. The average Bonchev–Trinajstić information content (AvgIpc) is 3.06. The van der Waals surface area contributed by atoms with Gasteiger partial charge >= 0.3 is 0 Å². The van der Waals surface area contributed by atoms with Crippen LogP contribution in [-0.2, 0) is 13.1 Å². The van der Waals surface area contributed by atoms with Crippen LogP contribution in [0.25, 0.3) is 0 Å². The Bertz CT molecular complexity index is 697. The highest BCUT2D eigenvalue weighted by atomic mass is 16.5. The molecule has 0 radical (unpaired) electrons. The van der Waals surface area contributed by atoms with E-state index in [2.05, 4.69) is 20.7 Å². The molecule has 2 rings (SSSR count). The number of hydrogen-bond acceptors (Lipinski definition) is 4. The number of nitrogens with zero attached hydrogens (tertiary/aromatic N) is 3. The molecule has 1 heterocycles. The highest BCUT2D eigenvalue weighted by Crippen LogP contribution is 2.27. The van der Waals surface area contributed by atoms with Gasteiger partial charge in [-0.05, 0) is 36.6 Å². The number of aryl methyl sites for hydroxylation is 2. The van der Waals surface area contributed by atoms with Crippen molar-refractivity contribution < 1.29 is 9.47 Å². The van der Waals surface area contributed by atoms with E-state index in [0.29, 0.717) is 6.54 Å². The molecule has 136 valence electrons. The maximum atomic E-state index is 5.33. The molecule has 0 atom stereocenters. The molecule has 0 fully saturated rings. The van der Waals surface area contributed by atoms with E-state index in [1.807, 2.05) is 42.2 Å². The van der Waals surface area contributed by atoms with E-state index >= 15 is 0 Å². The Hall–Kier alpha value is -2.70. The van der Waals surface area contributed by atoms with E-state index in [1.165, 1.54) is 5.56 Å². The first kappa shape index (κ1) is 18.6. The van der Waals surface area contributed by atoms with E-state index in [1.54, 1.807) is 21.3 Å². The highest BCUT2D eigenvalue weighted by Gasteiger charge is 2.05. The lowest BCUT2D eigenvalue weighted by Crippen LogP contribution is -2.37. The van der Waals surface area contributed by atoms with E-state index in [0.717, 1.165) is 42.5 Å². The van der Waals surface area contributed by atoms with Crippen LogP contribution >= 0.6 is 0 Å². The second-order valence-electron chi connectivity index (χ2n) is 5.68. The minimum Gasteiger partial charge on any atom is -0.493 e. The Morgan fingerprint density at radius 2 is 2.00 bits per heavy atom. The lowest BCUT2D eigenvalue weighted by molar-refractivity contribution is 0.354. The second-order valence-corrected chi connectivity index (χ2v) is 5.68. The Labute approximate surface area is 149 Å². The van der Waals surface area contributed by atoms with Crippen molar-refractivity contribution in [1.82, 2.24) is 20.4 Å². The minimum atomic E-state index is 0.651. The number of aromatic nitrogens is 2. The van der Waals surface area contributed by atoms with Gasteiger partial charge < -0.3 is 20.1 Å². The Kier molecular flexibility index (Phi) is 7.13. The largest absolute Gasteiger partial charge is 0.493 e. The third-order valence-corrected chi connectivity index (χ3v) is 3.75. The highest BCUT2D eigenvalue weighted by molar-refractivity contribution is 5.79. The molecule has 0 aliphatic heterocycles. The number of guanidine groups is 1. The van der Waals surface area contributed by atoms with Crippen LogP contribution in [0.2, 0.25) is 0 Å². The average molecular weight is 345 g/mol. The van der Waals surface area contributed by atoms with E-state index in [9.17, 15) is 0 Å². The van der Waals surface area contributed by atoms with Gasteiger partial charge in [-0.25, -0.2) is 0 Å². The molecule has 0 amide bonds. The summed E-state index contributed by atoms with van der Waals surface area (Å²) >= 11 is 0. The van der Waals surface area contributed by atoms with Crippen molar-refractivity contribution in [2.24, 2.45) is 4.99 Å². The van der Waals surface area contributed by atoms with Gasteiger partial charge in [0.1, 0.15) is 0 Å². The normalized spacial score (nSPS) is 11.3. The SMILES string of the molecule is CN=C(NCCCn1cc(C)cn1)NCc1ccc(OC)c(OC)c1. The molecule has 2 aromatic rings. The number of ether oxygens (including phenoxy) is 2. The summed E-state index contributed by atoms with van der Waals surface area (Å²) in [5.74, 6) is 2.22. The van der Waals surface area contributed by atoms with Gasteiger partial charge in [-0.15, -0.1) is 0 Å². The molecule has 0 aliphatic rings. The summed E-state index contributed by atoms with van der Waals surface area (Å²) in [5.41, 5.74) is 2.27. The first-order valence-corrected chi connectivity index (χ1v) is 8.30. The molecule has 0 unspecified atom stereocenters. The van der Waals surface area contributed by atoms with Crippen LogP contribution in [0.1, 0.15) is 17.5 Å². The van der Waals surface area contributed by atoms with Crippen LogP contribution in [0.5, 0.6) is 11.5 Å². The molecule has 0 saturated carbocycles. The predicted molar refractivity (Wildman–Crippen MR) is 99.3 cm³/mol. The van der Waals surface area contributed by atoms with Crippen LogP contribution in [0.4, 0.5) is 0 Å². The first-order valence-electron chi connectivity index (χ1n) is 8.30. The summed E-state index contributed by atoms with van der Waals surface area (Å²) < 4.78 is 12.5. The van der Waals surface area contributed by atoms with Gasteiger partial charge in [0.15, 0.2) is 17.5 Å². The van der Waals surface area contributed by atoms with Gasteiger partial charge in [0, 0.05) is 32.9 Å². The number of methoxy groups -OCH3 is 2. The second kappa shape index (κ2) is 9.56. The van der Waals surface area contributed by atoms with Crippen molar-refractivity contribution >= 4 is 5.96 Å². The van der Waals surface area contributed by atoms with Crippen LogP contribution in [-0.4, -0.2) is 43.6 Å². The molecule has 0 spiro atoms. The maximum Gasteiger partial charge on any atom is 0.191 e. The van der Waals surface area contributed by atoms with Gasteiger partial charge in [0.2, 0.25) is 0 Å². The van der Waals surface area contributed by atoms with Crippen molar-refractivity contribution in [2.75, 3.05) is 27.8 Å². The van der Waals surface area contributed by atoms with Gasteiger partial charge in [-0.3, -0.25) is 9.67 Å². The smallest absolute Gasteiger partial charge is 0.191 e. The monoisotopic (exact) mass is 345 g/mol. The van der Waals surface area contributed by atoms with Gasteiger partial charge in [0.25, 0.3) is 0 Å². The first-order chi connectivity index (χ1) is 12.2. The van der Waals surface area contributed by atoms with Crippen molar-refractivity contribution in [2.45, 2.75) is 26.4 Å². The zero-order valence-electron chi connectivity index (χ0n) is 15.4. The van der Waals surface area contributed by atoms with Crippen LogP contribution in [0.3, 0.4) is 0 Å². The summed E-state index contributed by atoms with van der Waals surface area (Å²) in [6.07, 6.45) is 4.89. The minimum absolute atomic E-state index is 0.651.